The summed E-state index contributed by atoms with van der Waals surface area (Å²) in [6.07, 6.45) is -3.07. The van der Waals surface area contributed by atoms with Crippen LogP contribution in [0.3, 0.4) is 0 Å². The third-order valence-corrected chi connectivity index (χ3v) is 2.26. The third-order valence-electron chi connectivity index (χ3n) is 2.26. The van der Waals surface area contributed by atoms with Gasteiger partial charge in [-0.15, -0.1) is 0 Å². The number of hydrogen-bond donors (Lipinski definition) is 2. The monoisotopic (exact) mass is 226 g/mol. The molecule has 1 atom stereocenters. The highest BCUT2D eigenvalue weighted by molar-refractivity contribution is 4.67. The number of nitrogens with one attached hydrogen (secondary N) is 2. The van der Waals surface area contributed by atoms with Crippen LogP contribution in [0.1, 0.15) is 6.42 Å². The largest absolute Gasteiger partial charge is 0.401 e. The summed E-state index contributed by atoms with van der Waals surface area (Å²) in [5, 5.41) is 5.44. The van der Waals surface area contributed by atoms with Gasteiger partial charge in [-0.3, -0.25) is 0 Å². The summed E-state index contributed by atoms with van der Waals surface area (Å²) in [4.78, 5) is 0. The predicted octanol–water partition coefficient (Wildman–Crippen LogP) is 0.764. The van der Waals surface area contributed by atoms with Crippen molar-refractivity contribution < 1.29 is 17.9 Å². The van der Waals surface area contributed by atoms with Crippen LogP contribution in [0.2, 0.25) is 0 Å². The van der Waals surface area contributed by atoms with E-state index in [9.17, 15) is 13.2 Å². The molecule has 3 nitrogen and oxygen atoms in total. The maximum atomic E-state index is 11.7. The van der Waals surface area contributed by atoms with Gasteiger partial charge in [0.1, 0.15) is 0 Å². The molecule has 1 rings (SSSR count). The van der Waals surface area contributed by atoms with Gasteiger partial charge in [-0.1, -0.05) is 0 Å². The lowest BCUT2D eigenvalue weighted by Gasteiger charge is -2.11. The summed E-state index contributed by atoms with van der Waals surface area (Å²) in [5.41, 5.74) is 0. The summed E-state index contributed by atoms with van der Waals surface area (Å²) in [6.45, 7) is 2.39. The standard InChI is InChI=1S/C9H17F3N2O/c10-9(11,12)7-14-3-2-13-5-8-1-4-15-6-8/h8,13-14H,1-7H2. The van der Waals surface area contributed by atoms with Crippen molar-refractivity contribution in [2.75, 3.05) is 39.4 Å². The summed E-state index contributed by atoms with van der Waals surface area (Å²) < 4.78 is 40.3. The second-order valence-corrected chi connectivity index (χ2v) is 3.73. The molecule has 2 N–H and O–H groups in total. The maximum absolute atomic E-state index is 11.7. The Morgan fingerprint density at radius 1 is 1.20 bits per heavy atom. The van der Waals surface area contributed by atoms with E-state index >= 15 is 0 Å². The Labute approximate surface area is 87.4 Å². The van der Waals surface area contributed by atoms with Gasteiger partial charge >= 0.3 is 6.18 Å². The minimum absolute atomic E-state index is 0.340. The van der Waals surface area contributed by atoms with Crippen molar-refractivity contribution in [1.29, 1.82) is 0 Å². The lowest BCUT2D eigenvalue weighted by Crippen LogP contribution is -2.35. The Hall–Kier alpha value is -0.330. The molecule has 0 saturated carbocycles. The van der Waals surface area contributed by atoms with Gasteiger partial charge < -0.3 is 15.4 Å². The van der Waals surface area contributed by atoms with E-state index in [1.165, 1.54) is 0 Å². The molecule has 0 bridgehead atoms. The number of rotatable bonds is 6. The van der Waals surface area contributed by atoms with Crippen molar-refractivity contribution >= 4 is 0 Å². The van der Waals surface area contributed by atoms with Gasteiger partial charge in [0.2, 0.25) is 0 Å². The molecule has 1 fully saturated rings. The first kappa shape index (κ1) is 12.7. The van der Waals surface area contributed by atoms with Crippen LogP contribution in [-0.4, -0.2) is 45.6 Å². The highest BCUT2D eigenvalue weighted by Gasteiger charge is 2.25. The molecule has 1 aliphatic heterocycles. The predicted molar refractivity (Wildman–Crippen MR) is 50.7 cm³/mol. The van der Waals surface area contributed by atoms with Crippen LogP contribution < -0.4 is 10.6 Å². The summed E-state index contributed by atoms with van der Waals surface area (Å²) in [5.74, 6) is 0.521. The van der Waals surface area contributed by atoms with E-state index in [0.717, 1.165) is 26.2 Å². The van der Waals surface area contributed by atoms with Gasteiger partial charge in [0, 0.05) is 26.2 Å². The van der Waals surface area contributed by atoms with Gasteiger partial charge in [-0.2, -0.15) is 13.2 Å². The molecule has 15 heavy (non-hydrogen) atoms. The average molecular weight is 226 g/mol. The van der Waals surface area contributed by atoms with Crippen LogP contribution in [0.4, 0.5) is 13.2 Å². The van der Waals surface area contributed by atoms with Crippen LogP contribution in [-0.2, 0) is 4.74 Å². The molecule has 90 valence electrons. The summed E-state index contributed by atoms with van der Waals surface area (Å²) in [6, 6.07) is 0. The Morgan fingerprint density at radius 2 is 1.93 bits per heavy atom. The molecule has 1 aliphatic rings. The first-order valence-corrected chi connectivity index (χ1v) is 5.14. The fourth-order valence-corrected chi connectivity index (χ4v) is 1.46. The van der Waals surface area contributed by atoms with Crippen LogP contribution in [0.5, 0.6) is 0 Å². The molecule has 0 aliphatic carbocycles. The smallest absolute Gasteiger partial charge is 0.381 e. The van der Waals surface area contributed by atoms with E-state index in [1.54, 1.807) is 0 Å². The van der Waals surface area contributed by atoms with Crippen LogP contribution >= 0.6 is 0 Å². The second kappa shape index (κ2) is 6.30. The fourth-order valence-electron chi connectivity index (χ4n) is 1.46. The minimum Gasteiger partial charge on any atom is -0.381 e. The molecule has 0 radical (unpaired) electrons. The molecular formula is C9H17F3N2O. The number of hydrogen-bond acceptors (Lipinski definition) is 3. The van der Waals surface area contributed by atoms with Gasteiger partial charge in [0.15, 0.2) is 0 Å². The van der Waals surface area contributed by atoms with Gasteiger partial charge in [-0.05, 0) is 12.3 Å². The van der Waals surface area contributed by atoms with Crippen molar-refractivity contribution in [2.24, 2.45) is 5.92 Å². The average Bonchev–Trinajstić information content (AvgIpc) is 2.61. The molecule has 0 amide bonds. The summed E-state index contributed by atoms with van der Waals surface area (Å²) in [7, 11) is 0. The molecule has 0 aromatic rings. The Bertz CT molecular complexity index is 169. The summed E-state index contributed by atoms with van der Waals surface area (Å²) >= 11 is 0. The molecule has 0 spiro atoms. The highest BCUT2D eigenvalue weighted by atomic mass is 19.4. The van der Waals surface area contributed by atoms with E-state index in [1.807, 2.05) is 0 Å². The molecule has 1 unspecified atom stereocenters. The topological polar surface area (TPSA) is 33.3 Å². The Morgan fingerprint density at radius 3 is 2.53 bits per heavy atom. The van der Waals surface area contributed by atoms with Gasteiger partial charge in [-0.25, -0.2) is 0 Å². The van der Waals surface area contributed by atoms with E-state index in [4.69, 9.17) is 4.74 Å². The first-order valence-electron chi connectivity index (χ1n) is 5.14. The Balaban J connectivity index is 1.84. The molecular weight excluding hydrogens is 209 g/mol. The number of ether oxygens (including phenoxy) is 1. The second-order valence-electron chi connectivity index (χ2n) is 3.73. The molecule has 1 heterocycles. The fraction of sp³-hybridized carbons (Fsp3) is 1.00. The van der Waals surface area contributed by atoms with E-state index in [2.05, 4.69) is 10.6 Å². The van der Waals surface area contributed by atoms with Crippen LogP contribution in [0.15, 0.2) is 0 Å². The van der Waals surface area contributed by atoms with Crippen molar-refractivity contribution in [3.63, 3.8) is 0 Å². The van der Waals surface area contributed by atoms with Crippen molar-refractivity contribution in [1.82, 2.24) is 10.6 Å². The maximum Gasteiger partial charge on any atom is 0.401 e. The molecule has 1 saturated heterocycles. The lowest BCUT2D eigenvalue weighted by atomic mass is 10.1. The van der Waals surface area contributed by atoms with Crippen LogP contribution in [0, 0.1) is 5.92 Å². The zero-order valence-corrected chi connectivity index (χ0v) is 8.57. The Kier molecular flexibility index (Phi) is 5.35. The normalized spacial score (nSPS) is 22.2. The van der Waals surface area contributed by atoms with Crippen molar-refractivity contribution in [3.05, 3.63) is 0 Å². The van der Waals surface area contributed by atoms with E-state index < -0.39 is 12.7 Å². The number of alkyl halides is 3. The minimum atomic E-state index is -4.11. The van der Waals surface area contributed by atoms with Crippen molar-refractivity contribution in [2.45, 2.75) is 12.6 Å². The van der Waals surface area contributed by atoms with E-state index in [0.29, 0.717) is 19.0 Å². The molecule has 6 heteroatoms. The zero-order valence-electron chi connectivity index (χ0n) is 8.57. The SMILES string of the molecule is FC(F)(F)CNCCNCC1CCOC1. The first-order chi connectivity index (χ1) is 7.08. The molecule has 0 aromatic carbocycles. The van der Waals surface area contributed by atoms with Crippen LogP contribution in [0.25, 0.3) is 0 Å². The lowest BCUT2D eigenvalue weighted by molar-refractivity contribution is -0.124. The zero-order chi connectivity index (χ0) is 11.1. The number of halogens is 3. The van der Waals surface area contributed by atoms with E-state index in [-0.39, 0.29) is 0 Å². The van der Waals surface area contributed by atoms with Crippen molar-refractivity contribution in [3.8, 4) is 0 Å². The third kappa shape index (κ3) is 6.70. The quantitative estimate of drug-likeness (QED) is 0.656. The van der Waals surface area contributed by atoms with Gasteiger partial charge in [0.25, 0.3) is 0 Å². The molecule has 0 aromatic heterocycles. The van der Waals surface area contributed by atoms with Gasteiger partial charge in [0.05, 0.1) is 13.2 Å². The highest BCUT2D eigenvalue weighted by Crippen LogP contribution is 2.12.